The summed E-state index contributed by atoms with van der Waals surface area (Å²) in [5, 5.41) is 9.81. The molecule has 5 heteroatoms. The Balaban J connectivity index is 0. The molecule has 0 rings (SSSR count). The van der Waals surface area contributed by atoms with E-state index in [4.69, 9.17) is 11.8 Å². The molecule has 0 saturated carbocycles. The van der Waals surface area contributed by atoms with Crippen LogP contribution >= 0.6 is 11.8 Å². The first-order valence-electron chi connectivity index (χ1n) is 5.53. The number of hydrogen-bond donors (Lipinski definition) is 2. The minimum absolute atomic E-state index is 0. The van der Waals surface area contributed by atoms with Gasteiger partial charge in [0.15, 0.2) is 0 Å². The van der Waals surface area contributed by atoms with E-state index in [1.165, 1.54) is 0 Å². The van der Waals surface area contributed by atoms with Gasteiger partial charge in [-0.1, -0.05) is 0 Å². The average Bonchev–Trinajstić information content (AvgIpc) is 2.00. The van der Waals surface area contributed by atoms with Crippen LogP contribution in [0.1, 0.15) is 33.1 Å². The van der Waals surface area contributed by atoms with Gasteiger partial charge in [0.05, 0.1) is 33.8 Å². The second-order valence-corrected chi connectivity index (χ2v) is 6.18. The van der Waals surface area contributed by atoms with Gasteiger partial charge >= 0.3 is 0 Å². The molecule has 100 valence electrons. The van der Waals surface area contributed by atoms with Crippen LogP contribution < -0.4 is 17.2 Å². The van der Waals surface area contributed by atoms with Crippen molar-refractivity contribution in [3.63, 3.8) is 0 Å². The lowest BCUT2D eigenvalue weighted by Crippen LogP contribution is -3.00. The minimum Gasteiger partial charge on any atom is -1.00 e. The summed E-state index contributed by atoms with van der Waals surface area (Å²) < 4.78 is 0.948. The number of hydrogen-bond acceptors (Lipinski definition) is 2. The topological polar surface area (TPSA) is 32.3 Å². The van der Waals surface area contributed by atoms with E-state index in [9.17, 15) is 5.11 Å². The van der Waals surface area contributed by atoms with Gasteiger partial charge in [0.25, 0.3) is 0 Å². The number of halogens is 2. The monoisotopic (exact) mass is 272 g/mol. The lowest BCUT2D eigenvalue weighted by molar-refractivity contribution is -0.870. The Hall–Kier alpha value is 0.460. The molecule has 0 aromatic heterocycles. The Labute approximate surface area is 111 Å². The standard InChI is InChI=1S/C11H26ClN2O.ClH/c1-11(2,13-12)9-10(15)7-6-8-14(3,4)5;/h10,13,15H,6-9H2,1-5H3;1H/q+1;/p-1. The van der Waals surface area contributed by atoms with E-state index in [0.717, 1.165) is 23.9 Å². The summed E-state index contributed by atoms with van der Waals surface area (Å²) in [7, 11) is 6.49. The van der Waals surface area contributed by atoms with Crippen LogP contribution in [0.4, 0.5) is 0 Å². The van der Waals surface area contributed by atoms with E-state index in [1.807, 2.05) is 13.8 Å². The van der Waals surface area contributed by atoms with Crippen molar-refractivity contribution >= 4 is 11.8 Å². The van der Waals surface area contributed by atoms with Gasteiger partial charge < -0.3 is 22.0 Å². The molecule has 0 aliphatic heterocycles. The molecule has 0 aromatic rings. The summed E-state index contributed by atoms with van der Waals surface area (Å²) in [5.41, 5.74) is -0.197. The molecule has 0 aromatic carbocycles. The number of nitrogens with zero attached hydrogens (tertiary/aromatic N) is 1. The van der Waals surface area contributed by atoms with Crippen LogP contribution in [0.2, 0.25) is 0 Å². The first-order valence-corrected chi connectivity index (χ1v) is 5.90. The quantitative estimate of drug-likeness (QED) is 0.449. The van der Waals surface area contributed by atoms with E-state index in [2.05, 4.69) is 26.0 Å². The summed E-state index contributed by atoms with van der Waals surface area (Å²) in [4.78, 5) is 2.69. The second kappa shape index (κ2) is 7.72. The van der Waals surface area contributed by atoms with Crippen molar-refractivity contribution in [1.29, 1.82) is 0 Å². The second-order valence-electron chi connectivity index (χ2n) is 5.99. The van der Waals surface area contributed by atoms with Gasteiger partial charge in [0.1, 0.15) is 0 Å². The van der Waals surface area contributed by atoms with Crippen LogP contribution in [0, 0.1) is 0 Å². The molecule has 0 radical (unpaired) electrons. The molecule has 0 aliphatic rings. The van der Waals surface area contributed by atoms with Crippen molar-refractivity contribution in [3.05, 3.63) is 0 Å². The predicted octanol–water partition coefficient (Wildman–Crippen LogP) is -1.25. The van der Waals surface area contributed by atoms with Crippen molar-refractivity contribution < 1.29 is 22.0 Å². The fourth-order valence-corrected chi connectivity index (χ4v) is 1.61. The summed E-state index contributed by atoms with van der Waals surface area (Å²) >= 11 is 5.58. The van der Waals surface area contributed by atoms with E-state index >= 15 is 0 Å². The third-order valence-corrected chi connectivity index (χ3v) is 2.88. The normalized spacial score (nSPS) is 14.4. The molecule has 16 heavy (non-hydrogen) atoms. The van der Waals surface area contributed by atoms with E-state index in [1.54, 1.807) is 0 Å². The average molecular weight is 273 g/mol. The summed E-state index contributed by atoms with van der Waals surface area (Å²) in [6.45, 7) is 5.07. The zero-order valence-electron chi connectivity index (χ0n) is 11.1. The SMILES string of the molecule is CC(C)(CC(O)CCC[N+](C)(C)C)NCl.[Cl-]. The summed E-state index contributed by atoms with van der Waals surface area (Å²) in [6, 6.07) is 0. The maximum atomic E-state index is 9.81. The van der Waals surface area contributed by atoms with Crippen molar-refractivity contribution in [1.82, 2.24) is 4.84 Å². The number of nitrogens with one attached hydrogen (secondary N) is 1. The Kier molecular flexibility index (Phi) is 9.08. The van der Waals surface area contributed by atoms with Gasteiger partial charge in [0, 0.05) is 5.54 Å². The van der Waals surface area contributed by atoms with Crippen molar-refractivity contribution in [2.45, 2.75) is 44.8 Å². The number of aliphatic hydroxyl groups excluding tert-OH is 1. The molecule has 2 N–H and O–H groups in total. The highest BCUT2D eigenvalue weighted by molar-refractivity contribution is 6.13. The van der Waals surface area contributed by atoms with Gasteiger partial charge in [0.2, 0.25) is 0 Å². The lowest BCUT2D eigenvalue weighted by Gasteiger charge is -2.27. The fraction of sp³-hybridized carbons (Fsp3) is 1.00. The molecule has 0 spiro atoms. The van der Waals surface area contributed by atoms with Crippen LogP contribution in [0.15, 0.2) is 0 Å². The van der Waals surface area contributed by atoms with Crippen molar-refractivity contribution in [3.8, 4) is 0 Å². The molecule has 0 heterocycles. The summed E-state index contributed by atoms with van der Waals surface area (Å²) in [6.07, 6.45) is 2.31. The first-order chi connectivity index (χ1) is 6.66. The van der Waals surface area contributed by atoms with Gasteiger partial charge in [-0.25, -0.2) is 4.84 Å². The van der Waals surface area contributed by atoms with Gasteiger partial charge in [-0.2, -0.15) is 0 Å². The predicted molar refractivity (Wildman–Crippen MR) is 65.8 cm³/mol. The molecule has 0 amide bonds. The molecule has 3 nitrogen and oxygen atoms in total. The van der Waals surface area contributed by atoms with Crippen LogP contribution in [0.3, 0.4) is 0 Å². The van der Waals surface area contributed by atoms with E-state index < -0.39 is 0 Å². The number of aliphatic hydroxyl groups is 1. The highest BCUT2D eigenvalue weighted by Gasteiger charge is 2.21. The maximum Gasteiger partial charge on any atom is 0.0781 e. The molecule has 1 unspecified atom stereocenters. The lowest BCUT2D eigenvalue weighted by atomic mass is 9.96. The third kappa shape index (κ3) is 11.0. The Bertz CT molecular complexity index is 181. The van der Waals surface area contributed by atoms with Crippen LogP contribution in [0.25, 0.3) is 0 Å². The number of quaternary nitrogens is 1. The zero-order valence-corrected chi connectivity index (χ0v) is 12.6. The highest BCUT2D eigenvalue weighted by Crippen LogP contribution is 2.15. The van der Waals surface area contributed by atoms with Gasteiger partial charge in [-0.05, 0) is 44.9 Å². The molecule has 0 saturated heterocycles. The minimum atomic E-state index is -0.266. The Morgan fingerprint density at radius 3 is 2.19 bits per heavy atom. The fourth-order valence-electron chi connectivity index (χ4n) is 1.53. The van der Waals surface area contributed by atoms with E-state index in [-0.39, 0.29) is 24.0 Å². The molecule has 0 fully saturated rings. The van der Waals surface area contributed by atoms with Crippen molar-refractivity contribution in [2.24, 2.45) is 0 Å². The third-order valence-electron chi connectivity index (χ3n) is 2.37. The molecular weight excluding hydrogens is 247 g/mol. The van der Waals surface area contributed by atoms with E-state index in [0.29, 0.717) is 6.42 Å². The smallest absolute Gasteiger partial charge is 0.0781 e. The Morgan fingerprint density at radius 1 is 1.31 bits per heavy atom. The molecule has 0 aliphatic carbocycles. The van der Waals surface area contributed by atoms with Crippen LogP contribution in [0.5, 0.6) is 0 Å². The van der Waals surface area contributed by atoms with Crippen LogP contribution in [-0.4, -0.2) is 48.9 Å². The molecular formula is C11H26Cl2N2O. The largest absolute Gasteiger partial charge is 1.00 e. The highest BCUT2D eigenvalue weighted by atomic mass is 35.5. The Morgan fingerprint density at radius 2 is 1.81 bits per heavy atom. The summed E-state index contributed by atoms with van der Waals surface area (Å²) in [5.74, 6) is 0. The molecule has 0 bridgehead atoms. The van der Waals surface area contributed by atoms with Crippen LogP contribution in [-0.2, 0) is 0 Å². The van der Waals surface area contributed by atoms with Gasteiger partial charge in [-0.15, -0.1) is 0 Å². The maximum absolute atomic E-state index is 9.81. The van der Waals surface area contributed by atoms with Crippen molar-refractivity contribution in [2.75, 3.05) is 27.7 Å². The molecule has 1 atom stereocenters. The zero-order chi connectivity index (χ0) is 12.1. The number of rotatable bonds is 7. The van der Waals surface area contributed by atoms with Gasteiger partial charge in [-0.3, -0.25) is 0 Å². The first kappa shape index (κ1) is 18.8.